The van der Waals surface area contributed by atoms with Crippen LogP contribution in [0.2, 0.25) is 0 Å². The second-order valence-electron chi connectivity index (χ2n) is 10.7. The number of ether oxygens (including phenoxy) is 3. The van der Waals surface area contributed by atoms with E-state index in [2.05, 4.69) is 29.8 Å². The maximum Gasteiger partial charge on any atom is 0.261 e. The van der Waals surface area contributed by atoms with Gasteiger partial charge in [0.1, 0.15) is 0 Å². The van der Waals surface area contributed by atoms with E-state index in [-0.39, 0.29) is 36.8 Å². The summed E-state index contributed by atoms with van der Waals surface area (Å²) in [6.07, 6.45) is 2.40. The predicted molar refractivity (Wildman–Crippen MR) is 123 cm³/mol. The molecule has 34 heavy (non-hydrogen) atoms. The normalized spacial score (nSPS) is 45.2. The van der Waals surface area contributed by atoms with Gasteiger partial charge in [-0.1, -0.05) is 35.0 Å². The second kappa shape index (κ2) is 7.82. The molecule has 8 nitrogen and oxygen atoms in total. The van der Waals surface area contributed by atoms with E-state index in [1.54, 1.807) is 24.3 Å². The Bertz CT molecular complexity index is 997. The van der Waals surface area contributed by atoms with E-state index in [0.717, 1.165) is 25.7 Å². The van der Waals surface area contributed by atoms with Crippen LogP contribution in [0.4, 0.5) is 0 Å². The molecule has 0 N–H and O–H groups in total. The molecule has 0 radical (unpaired) electrons. The molecule has 0 aromatic heterocycles. The Morgan fingerprint density at radius 3 is 2.50 bits per heavy atom. The van der Waals surface area contributed by atoms with Crippen molar-refractivity contribution in [2.75, 3.05) is 13.2 Å². The summed E-state index contributed by atoms with van der Waals surface area (Å²) >= 11 is 3.93. The Morgan fingerprint density at radius 2 is 1.79 bits per heavy atom. The fraction of sp³-hybridized carbons (Fsp3) is 0.680. The van der Waals surface area contributed by atoms with Crippen LogP contribution in [0.15, 0.2) is 24.3 Å². The van der Waals surface area contributed by atoms with Crippen molar-refractivity contribution in [2.24, 2.45) is 17.8 Å². The lowest BCUT2D eigenvalue weighted by molar-refractivity contribution is -0.575. The topological polar surface area (TPSA) is 83.5 Å². The van der Waals surface area contributed by atoms with Crippen molar-refractivity contribution in [3.05, 3.63) is 35.4 Å². The van der Waals surface area contributed by atoms with Crippen molar-refractivity contribution < 1.29 is 33.6 Å². The smallest absolute Gasteiger partial charge is 0.261 e. The van der Waals surface area contributed by atoms with Gasteiger partial charge in [0.2, 0.25) is 5.79 Å². The highest BCUT2D eigenvalue weighted by atomic mass is 79.9. The highest BCUT2D eigenvalue weighted by Gasteiger charge is 2.72. The van der Waals surface area contributed by atoms with E-state index in [1.165, 1.54) is 4.90 Å². The number of carbonyl (C=O) groups is 2. The molecule has 9 heteroatoms. The summed E-state index contributed by atoms with van der Waals surface area (Å²) in [6.45, 7) is 6.52. The molecule has 6 aliphatic rings. The maximum absolute atomic E-state index is 12.7. The number of carbonyl (C=O) groups excluding carboxylic acids is 2. The van der Waals surface area contributed by atoms with E-state index in [1.807, 2.05) is 6.92 Å². The lowest BCUT2D eigenvalue weighted by atomic mass is 9.58. The average Bonchev–Trinajstić information content (AvgIpc) is 2.92. The average molecular weight is 536 g/mol. The van der Waals surface area contributed by atoms with E-state index < -0.39 is 28.3 Å². The molecule has 5 fully saturated rings. The predicted octanol–water partition coefficient (Wildman–Crippen LogP) is 4.02. The number of hydrogen-bond acceptors (Lipinski definition) is 7. The fourth-order valence-corrected chi connectivity index (χ4v) is 7.57. The minimum atomic E-state index is -0.859. The van der Waals surface area contributed by atoms with Gasteiger partial charge in [0, 0.05) is 12.3 Å². The Balaban J connectivity index is 1.21. The molecule has 2 amide bonds. The molecule has 5 aliphatic heterocycles. The third kappa shape index (κ3) is 3.14. The number of alkyl halides is 1. The number of benzene rings is 1. The van der Waals surface area contributed by atoms with E-state index in [0.29, 0.717) is 17.0 Å². The van der Waals surface area contributed by atoms with Gasteiger partial charge in [0.05, 0.1) is 28.6 Å². The van der Waals surface area contributed by atoms with Gasteiger partial charge in [0.15, 0.2) is 18.2 Å². The standard InChI is InChI=1S/C25H30BrNO7/c1-14-8-9-18-24(3,26)21(31-22-25(18)17(14)10-11-23(2,32-22)33-34-25)30-13-12-27-19(28)15-6-4-5-7-16(15)20(27)29/h4-7,14,17-18,21-22H,8-13H2,1-3H3/t14-,17+,18+,21+,22-,23-,24?,25-/m1/s1. The van der Waals surface area contributed by atoms with Gasteiger partial charge in [0.25, 0.3) is 11.8 Å². The van der Waals surface area contributed by atoms with Crippen molar-refractivity contribution in [1.29, 1.82) is 0 Å². The highest BCUT2D eigenvalue weighted by Crippen LogP contribution is 2.63. The quantitative estimate of drug-likeness (QED) is 0.327. The molecule has 2 bridgehead atoms. The Kier molecular flexibility index (Phi) is 5.30. The summed E-state index contributed by atoms with van der Waals surface area (Å²) in [5, 5.41) is 0. The van der Waals surface area contributed by atoms with E-state index >= 15 is 0 Å². The zero-order chi connectivity index (χ0) is 23.9. The van der Waals surface area contributed by atoms with Crippen LogP contribution in [-0.4, -0.2) is 58.2 Å². The molecule has 1 aromatic rings. The van der Waals surface area contributed by atoms with Gasteiger partial charge in [-0.2, -0.15) is 0 Å². The van der Waals surface area contributed by atoms with Crippen LogP contribution >= 0.6 is 15.9 Å². The first-order valence-electron chi connectivity index (χ1n) is 12.1. The van der Waals surface area contributed by atoms with Crippen LogP contribution in [0.3, 0.4) is 0 Å². The van der Waals surface area contributed by atoms with E-state index in [9.17, 15) is 9.59 Å². The van der Waals surface area contributed by atoms with Crippen molar-refractivity contribution >= 4 is 27.7 Å². The Labute approximate surface area is 207 Å². The summed E-state index contributed by atoms with van der Waals surface area (Å²) < 4.78 is 18.5. The first kappa shape index (κ1) is 23.1. The highest BCUT2D eigenvalue weighted by molar-refractivity contribution is 9.10. The minimum Gasteiger partial charge on any atom is -0.349 e. The largest absolute Gasteiger partial charge is 0.349 e. The number of imide groups is 1. The molecule has 1 aromatic carbocycles. The molecule has 184 valence electrons. The molecular weight excluding hydrogens is 506 g/mol. The summed E-state index contributed by atoms with van der Waals surface area (Å²) in [7, 11) is 0. The van der Waals surface area contributed by atoms with Crippen LogP contribution in [0.25, 0.3) is 0 Å². The fourth-order valence-electron chi connectivity index (χ4n) is 6.75. The number of nitrogens with zero attached hydrogens (tertiary/aromatic N) is 1. The minimum absolute atomic E-state index is 0.0342. The molecule has 1 saturated carbocycles. The number of fused-ring (bicyclic) bond motifs is 3. The monoisotopic (exact) mass is 535 g/mol. The van der Waals surface area contributed by atoms with Gasteiger partial charge in [-0.3, -0.25) is 14.5 Å². The molecule has 1 aliphatic carbocycles. The van der Waals surface area contributed by atoms with Gasteiger partial charge < -0.3 is 14.2 Å². The van der Waals surface area contributed by atoms with Crippen LogP contribution in [0.5, 0.6) is 0 Å². The van der Waals surface area contributed by atoms with Crippen molar-refractivity contribution in [3.63, 3.8) is 0 Å². The number of halogens is 1. The summed E-state index contributed by atoms with van der Waals surface area (Å²) in [5.74, 6) is -0.696. The first-order valence-corrected chi connectivity index (χ1v) is 12.9. The lowest BCUT2D eigenvalue weighted by Gasteiger charge is -2.62. The third-order valence-corrected chi connectivity index (χ3v) is 9.50. The molecule has 7 rings (SSSR count). The van der Waals surface area contributed by atoms with Gasteiger partial charge in [-0.05, 0) is 57.1 Å². The molecule has 8 atom stereocenters. The second-order valence-corrected chi connectivity index (χ2v) is 12.4. The SMILES string of the molecule is C[C@@H]1CC[C@H]2C(C)(Br)[C@@H](OCCN3C(=O)c4ccccc4C3=O)O[C@@H]3O[C@@]4(C)CC[C@@H]1[C@]32OO4. The number of rotatable bonds is 4. The molecule has 4 saturated heterocycles. The zero-order valence-electron chi connectivity index (χ0n) is 19.6. The summed E-state index contributed by atoms with van der Waals surface area (Å²) in [5.41, 5.74) is 0.155. The molecule has 5 heterocycles. The Morgan fingerprint density at radius 1 is 1.09 bits per heavy atom. The van der Waals surface area contributed by atoms with Crippen molar-refractivity contribution in [3.8, 4) is 0 Å². The Hall–Kier alpha value is -1.36. The van der Waals surface area contributed by atoms with Crippen molar-refractivity contribution in [2.45, 2.75) is 74.7 Å². The van der Waals surface area contributed by atoms with Crippen LogP contribution < -0.4 is 0 Å². The summed E-state index contributed by atoms with van der Waals surface area (Å²) in [6, 6.07) is 6.88. The third-order valence-electron chi connectivity index (χ3n) is 8.57. The van der Waals surface area contributed by atoms with Crippen LogP contribution in [0, 0.1) is 17.8 Å². The van der Waals surface area contributed by atoms with Crippen LogP contribution in [0.1, 0.15) is 67.2 Å². The maximum atomic E-state index is 12.7. The molecule has 1 unspecified atom stereocenters. The zero-order valence-corrected chi connectivity index (χ0v) is 21.2. The summed E-state index contributed by atoms with van der Waals surface area (Å²) in [4.78, 5) is 38.7. The molecular formula is C25H30BrNO7. The van der Waals surface area contributed by atoms with Crippen LogP contribution in [-0.2, 0) is 24.0 Å². The van der Waals surface area contributed by atoms with Crippen molar-refractivity contribution in [1.82, 2.24) is 4.90 Å². The lowest BCUT2D eigenvalue weighted by Crippen LogP contribution is -2.74. The van der Waals surface area contributed by atoms with Gasteiger partial charge >= 0.3 is 0 Å². The van der Waals surface area contributed by atoms with Gasteiger partial charge in [-0.15, -0.1) is 0 Å². The number of amides is 2. The first-order chi connectivity index (χ1) is 16.2. The van der Waals surface area contributed by atoms with E-state index in [4.69, 9.17) is 24.0 Å². The molecule has 1 spiro atoms. The number of hydrogen-bond donors (Lipinski definition) is 0. The van der Waals surface area contributed by atoms with Gasteiger partial charge in [-0.25, -0.2) is 9.78 Å².